The molecule has 2 fully saturated rings. The Morgan fingerprint density at radius 3 is 2.89 bits per heavy atom. The van der Waals surface area contributed by atoms with Gasteiger partial charge in [-0.1, -0.05) is 0 Å². The van der Waals surface area contributed by atoms with Gasteiger partial charge in [0.15, 0.2) is 0 Å². The van der Waals surface area contributed by atoms with Crippen LogP contribution in [-0.4, -0.2) is 41.9 Å². The average Bonchev–Trinajstić information content (AvgIpc) is 2.62. The topological polar surface area (TPSA) is 71.0 Å². The molecule has 3 rings (SSSR count). The van der Waals surface area contributed by atoms with Gasteiger partial charge in [0.05, 0.1) is 12.2 Å². The summed E-state index contributed by atoms with van der Waals surface area (Å²) in [5, 5.41) is 13.7. The van der Waals surface area contributed by atoms with E-state index in [9.17, 15) is 4.79 Å². The molecular formula is C12H19N5O. The van der Waals surface area contributed by atoms with Gasteiger partial charge in [-0.3, -0.25) is 4.79 Å². The summed E-state index contributed by atoms with van der Waals surface area (Å²) >= 11 is 0. The second-order valence-corrected chi connectivity index (χ2v) is 5.12. The first-order valence-electron chi connectivity index (χ1n) is 6.50. The lowest BCUT2D eigenvalue weighted by Gasteiger charge is -2.34. The van der Waals surface area contributed by atoms with E-state index in [1.807, 2.05) is 17.8 Å². The van der Waals surface area contributed by atoms with E-state index < -0.39 is 0 Å². The van der Waals surface area contributed by atoms with E-state index in [1.54, 1.807) is 6.20 Å². The monoisotopic (exact) mass is 249 g/mol. The van der Waals surface area contributed by atoms with Crippen molar-refractivity contribution in [3.05, 3.63) is 12.3 Å². The molecule has 6 heteroatoms. The van der Waals surface area contributed by atoms with Crippen LogP contribution in [0.15, 0.2) is 12.3 Å². The van der Waals surface area contributed by atoms with Gasteiger partial charge in [0.1, 0.15) is 5.82 Å². The van der Waals surface area contributed by atoms with Crippen LogP contribution in [0, 0.1) is 5.92 Å². The van der Waals surface area contributed by atoms with Crippen molar-refractivity contribution < 1.29 is 4.79 Å². The standard InChI is InChI=1S/C12H19N5O/c1-13-9-4-8(5-9)12(18)16-11-2-3-15-17(11)10-6-14-7-10/h2-3,8-10,13-14H,4-7H2,1H3,(H,16,18). The molecular weight excluding hydrogens is 230 g/mol. The molecule has 1 saturated heterocycles. The van der Waals surface area contributed by atoms with Crippen LogP contribution in [0.1, 0.15) is 18.9 Å². The van der Waals surface area contributed by atoms with E-state index in [0.717, 1.165) is 31.7 Å². The lowest BCUT2D eigenvalue weighted by Crippen LogP contribution is -2.46. The predicted molar refractivity (Wildman–Crippen MR) is 68.3 cm³/mol. The highest BCUT2D eigenvalue weighted by Crippen LogP contribution is 2.28. The highest BCUT2D eigenvalue weighted by Gasteiger charge is 2.34. The Morgan fingerprint density at radius 2 is 2.28 bits per heavy atom. The molecule has 1 aliphatic carbocycles. The Balaban J connectivity index is 1.59. The third-order valence-corrected chi connectivity index (χ3v) is 3.94. The maximum atomic E-state index is 12.0. The van der Waals surface area contributed by atoms with Crippen molar-refractivity contribution in [2.45, 2.75) is 24.9 Å². The minimum Gasteiger partial charge on any atom is -0.317 e. The lowest BCUT2D eigenvalue weighted by molar-refractivity contribution is -0.122. The van der Waals surface area contributed by atoms with E-state index in [-0.39, 0.29) is 11.8 Å². The minimum atomic E-state index is 0.121. The summed E-state index contributed by atoms with van der Waals surface area (Å²) in [6, 6.07) is 2.74. The second-order valence-electron chi connectivity index (χ2n) is 5.12. The molecule has 0 bridgehead atoms. The molecule has 18 heavy (non-hydrogen) atoms. The number of hydrogen-bond acceptors (Lipinski definition) is 4. The summed E-state index contributed by atoms with van der Waals surface area (Å²) < 4.78 is 1.91. The highest BCUT2D eigenvalue weighted by atomic mass is 16.2. The third kappa shape index (κ3) is 2.02. The van der Waals surface area contributed by atoms with Gasteiger partial charge in [-0.2, -0.15) is 5.10 Å². The van der Waals surface area contributed by atoms with Crippen LogP contribution >= 0.6 is 0 Å². The van der Waals surface area contributed by atoms with Crippen molar-refractivity contribution in [2.24, 2.45) is 5.92 Å². The van der Waals surface area contributed by atoms with Gasteiger partial charge in [0.25, 0.3) is 0 Å². The van der Waals surface area contributed by atoms with Crippen LogP contribution in [0.2, 0.25) is 0 Å². The summed E-state index contributed by atoms with van der Waals surface area (Å²) in [7, 11) is 1.94. The number of amides is 1. The first-order valence-corrected chi connectivity index (χ1v) is 6.50. The van der Waals surface area contributed by atoms with Gasteiger partial charge < -0.3 is 16.0 Å². The second kappa shape index (κ2) is 4.70. The zero-order valence-electron chi connectivity index (χ0n) is 10.5. The molecule has 0 unspecified atom stereocenters. The minimum absolute atomic E-state index is 0.121. The van der Waals surface area contributed by atoms with Gasteiger partial charge in [0.2, 0.25) is 5.91 Å². The van der Waals surface area contributed by atoms with E-state index in [0.29, 0.717) is 12.1 Å². The Labute approximate surface area is 106 Å². The van der Waals surface area contributed by atoms with Crippen molar-refractivity contribution in [1.29, 1.82) is 0 Å². The molecule has 1 aliphatic heterocycles. The van der Waals surface area contributed by atoms with Gasteiger partial charge in [0, 0.05) is 31.1 Å². The molecule has 1 saturated carbocycles. The van der Waals surface area contributed by atoms with Crippen molar-refractivity contribution in [3.63, 3.8) is 0 Å². The van der Waals surface area contributed by atoms with E-state index in [1.165, 1.54) is 0 Å². The van der Waals surface area contributed by atoms with Gasteiger partial charge in [-0.05, 0) is 19.9 Å². The first kappa shape index (κ1) is 11.7. The zero-order valence-corrected chi connectivity index (χ0v) is 10.5. The number of nitrogens with one attached hydrogen (secondary N) is 3. The number of nitrogens with zero attached hydrogens (tertiary/aromatic N) is 2. The Kier molecular flexibility index (Phi) is 3.05. The van der Waals surface area contributed by atoms with Gasteiger partial charge in [-0.25, -0.2) is 4.68 Å². The summed E-state index contributed by atoms with van der Waals surface area (Å²) in [5.74, 6) is 1.08. The Bertz CT molecular complexity index is 433. The Morgan fingerprint density at radius 1 is 1.50 bits per heavy atom. The molecule has 1 aromatic rings. The maximum absolute atomic E-state index is 12.0. The molecule has 3 N–H and O–H groups in total. The number of hydrogen-bond donors (Lipinski definition) is 3. The van der Waals surface area contributed by atoms with Gasteiger partial charge in [-0.15, -0.1) is 0 Å². The van der Waals surface area contributed by atoms with E-state index in [2.05, 4.69) is 21.0 Å². The number of carbonyl (C=O) groups excluding carboxylic acids is 1. The molecule has 2 heterocycles. The largest absolute Gasteiger partial charge is 0.317 e. The van der Waals surface area contributed by atoms with Crippen molar-refractivity contribution in [3.8, 4) is 0 Å². The predicted octanol–water partition coefficient (Wildman–Crippen LogP) is -0.0361. The first-order chi connectivity index (χ1) is 8.78. The van der Waals surface area contributed by atoms with Crippen LogP contribution in [-0.2, 0) is 4.79 Å². The summed E-state index contributed by atoms with van der Waals surface area (Å²) in [6.07, 6.45) is 3.61. The SMILES string of the molecule is CNC1CC(C(=O)Nc2ccnn2C2CNC2)C1. The van der Waals surface area contributed by atoms with Crippen LogP contribution in [0.3, 0.4) is 0 Å². The summed E-state index contributed by atoms with van der Waals surface area (Å²) in [4.78, 5) is 12.0. The number of anilines is 1. The molecule has 2 aliphatic rings. The molecule has 0 atom stereocenters. The molecule has 1 amide bonds. The number of aromatic nitrogens is 2. The summed E-state index contributed by atoms with van der Waals surface area (Å²) in [5.41, 5.74) is 0. The van der Waals surface area contributed by atoms with Gasteiger partial charge >= 0.3 is 0 Å². The third-order valence-electron chi connectivity index (χ3n) is 3.94. The summed E-state index contributed by atoms with van der Waals surface area (Å²) in [6.45, 7) is 1.85. The molecule has 98 valence electrons. The molecule has 0 spiro atoms. The average molecular weight is 249 g/mol. The van der Waals surface area contributed by atoms with Crippen LogP contribution < -0.4 is 16.0 Å². The number of carbonyl (C=O) groups is 1. The van der Waals surface area contributed by atoms with Crippen LogP contribution in [0.25, 0.3) is 0 Å². The van der Waals surface area contributed by atoms with Crippen LogP contribution in [0.4, 0.5) is 5.82 Å². The van der Waals surface area contributed by atoms with E-state index >= 15 is 0 Å². The smallest absolute Gasteiger partial charge is 0.228 e. The Hall–Kier alpha value is -1.40. The molecule has 6 nitrogen and oxygen atoms in total. The quantitative estimate of drug-likeness (QED) is 0.700. The fourth-order valence-electron chi connectivity index (χ4n) is 2.45. The van der Waals surface area contributed by atoms with Crippen molar-refractivity contribution in [2.75, 3.05) is 25.5 Å². The molecule has 0 radical (unpaired) electrons. The lowest BCUT2D eigenvalue weighted by atomic mass is 9.80. The van der Waals surface area contributed by atoms with Crippen LogP contribution in [0.5, 0.6) is 0 Å². The number of rotatable bonds is 4. The molecule has 1 aromatic heterocycles. The van der Waals surface area contributed by atoms with E-state index in [4.69, 9.17) is 0 Å². The fourth-order valence-corrected chi connectivity index (χ4v) is 2.45. The normalized spacial score (nSPS) is 27.4. The molecule has 0 aromatic carbocycles. The highest BCUT2D eigenvalue weighted by molar-refractivity contribution is 5.92. The van der Waals surface area contributed by atoms with Crippen molar-refractivity contribution in [1.82, 2.24) is 20.4 Å². The maximum Gasteiger partial charge on any atom is 0.228 e. The zero-order chi connectivity index (χ0) is 12.5. The fraction of sp³-hybridized carbons (Fsp3) is 0.667. The van der Waals surface area contributed by atoms with Crippen molar-refractivity contribution >= 4 is 11.7 Å².